The van der Waals surface area contributed by atoms with Crippen molar-refractivity contribution >= 4 is 11.3 Å². The fraction of sp³-hybridized carbons (Fsp3) is 0.333. The molecule has 12 heavy (non-hydrogen) atoms. The van der Waals surface area contributed by atoms with Gasteiger partial charge >= 0.3 is 0 Å². The highest BCUT2D eigenvalue weighted by atomic mass is 32.1. The molecule has 1 aromatic heterocycles. The number of hydrogen-bond donors (Lipinski definition) is 2. The monoisotopic (exact) mass is 180 g/mol. The minimum Gasteiger partial charge on any atom is -0.271 e. The van der Waals surface area contributed by atoms with E-state index < -0.39 is 0 Å². The van der Waals surface area contributed by atoms with Crippen LogP contribution in [0.5, 0.6) is 0 Å². The largest absolute Gasteiger partial charge is 0.271 e. The molecular formula is C9H12N2S. The molecule has 0 aromatic carbocycles. The molecule has 0 radical (unpaired) electrons. The number of hydrazine groups is 1. The molecular weight excluding hydrogens is 168 g/mol. The first kappa shape index (κ1) is 9.27. The highest BCUT2D eigenvalue weighted by Gasteiger charge is 2.07. The molecule has 0 bridgehead atoms. The van der Waals surface area contributed by atoms with E-state index in [1.165, 1.54) is 4.88 Å². The van der Waals surface area contributed by atoms with Crippen molar-refractivity contribution < 1.29 is 0 Å². The summed E-state index contributed by atoms with van der Waals surface area (Å²) in [6.07, 6.45) is 0.771. The normalized spacial score (nSPS) is 11.8. The lowest BCUT2D eigenvalue weighted by Crippen LogP contribution is -2.26. The van der Waals surface area contributed by atoms with Crippen LogP contribution in [0.1, 0.15) is 24.3 Å². The number of nitrogens with two attached hydrogens (primary N) is 1. The van der Waals surface area contributed by atoms with Gasteiger partial charge in [-0.3, -0.25) is 11.3 Å². The van der Waals surface area contributed by atoms with Gasteiger partial charge in [0.1, 0.15) is 0 Å². The van der Waals surface area contributed by atoms with E-state index in [1.807, 2.05) is 18.4 Å². The maximum atomic E-state index is 5.39. The highest BCUT2D eigenvalue weighted by Crippen LogP contribution is 2.20. The van der Waals surface area contributed by atoms with Crippen LogP contribution in [0.3, 0.4) is 0 Å². The van der Waals surface area contributed by atoms with Crippen molar-refractivity contribution in [2.75, 3.05) is 0 Å². The lowest BCUT2D eigenvalue weighted by atomic mass is 10.2. The second-order valence-corrected chi connectivity index (χ2v) is 3.34. The van der Waals surface area contributed by atoms with Gasteiger partial charge in [0.15, 0.2) is 0 Å². The highest BCUT2D eigenvalue weighted by molar-refractivity contribution is 7.10. The topological polar surface area (TPSA) is 38.0 Å². The van der Waals surface area contributed by atoms with Crippen LogP contribution < -0.4 is 11.3 Å². The fourth-order valence-corrected chi connectivity index (χ4v) is 1.72. The molecule has 1 rings (SSSR count). The molecule has 1 heterocycles. The molecule has 3 heteroatoms. The van der Waals surface area contributed by atoms with Crippen LogP contribution in [-0.4, -0.2) is 0 Å². The van der Waals surface area contributed by atoms with Crippen molar-refractivity contribution in [3.8, 4) is 11.8 Å². The minimum absolute atomic E-state index is 0.178. The van der Waals surface area contributed by atoms with Gasteiger partial charge in [0.25, 0.3) is 0 Å². The zero-order valence-electron chi connectivity index (χ0n) is 7.00. The van der Waals surface area contributed by atoms with Crippen molar-refractivity contribution in [3.05, 3.63) is 22.4 Å². The lowest BCUT2D eigenvalue weighted by Gasteiger charge is -2.09. The molecule has 0 fully saturated rings. The zero-order chi connectivity index (χ0) is 8.81. The molecule has 0 aliphatic rings. The summed E-state index contributed by atoms with van der Waals surface area (Å²) in [5.74, 6) is 11.2. The molecule has 64 valence electrons. The molecule has 3 N–H and O–H groups in total. The summed E-state index contributed by atoms with van der Waals surface area (Å²) in [7, 11) is 0. The van der Waals surface area contributed by atoms with Crippen LogP contribution in [-0.2, 0) is 0 Å². The number of nitrogens with one attached hydrogen (secondary N) is 1. The molecule has 0 saturated heterocycles. The van der Waals surface area contributed by atoms with Crippen LogP contribution in [0.2, 0.25) is 0 Å². The van der Waals surface area contributed by atoms with Crippen LogP contribution >= 0.6 is 11.3 Å². The van der Waals surface area contributed by atoms with E-state index in [0.29, 0.717) is 0 Å². The maximum Gasteiger partial charge on any atom is 0.0662 e. The van der Waals surface area contributed by atoms with Crippen LogP contribution in [0.25, 0.3) is 0 Å². The Morgan fingerprint density at radius 3 is 3.08 bits per heavy atom. The van der Waals surface area contributed by atoms with E-state index in [-0.39, 0.29) is 6.04 Å². The second-order valence-electron chi connectivity index (χ2n) is 2.37. The van der Waals surface area contributed by atoms with E-state index in [0.717, 1.165) is 6.42 Å². The van der Waals surface area contributed by atoms with Crippen molar-refractivity contribution in [2.24, 2.45) is 5.84 Å². The predicted molar refractivity (Wildman–Crippen MR) is 52.5 cm³/mol. The van der Waals surface area contributed by atoms with E-state index in [2.05, 4.69) is 23.3 Å². The summed E-state index contributed by atoms with van der Waals surface area (Å²) in [6.45, 7) is 1.84. The SMILES string of the molecule is CC#CCC(NN)c1cccs1. The maximum absolute atomic E-state index is 5.39. The first-order valence-electron chi connectivity index (χ1n) is 3.77. The summed E-state index contributed by atoms with van der Waals surface area (Å²) in [6, 6.07) is 4.26. The summed E-state index contributed by atoms with van der Waals surface area (Å²) >= 11 is 1.70. The van der Waals surface area contributed by atoms with E-state index in [4.69, 9.17) is 5.84 Å². The Labute approximate surface area is 76.8 Å². The first-order chi connectivity index (χ1) is 5.88. The standard InChI is InChI=1S/C9H12N2S/c1-2-3-5-8(11-10)9-6-4-7-12-9/h4,6-8,11H,5,10H2,1H3. The lowest BCUT2D eigenvalue weighted by molar-refractivity contribution is 0.577. The molecule has 0 amide bonds. The smallest absolute Gasteiger partial charge is 0.0662 e. The number of thiophene rings is 1. The fourth-order valence-electron chi connectivity index (χ4n) is 0.935. The first-order valence-corrected chi connectivity index (χ1v) is 4.65. The Morgan fingerprint density at radius 1 is 1.75 bits per heavy atom. The van der Waals surface area contributed by atoms with E-state index in [1.54, 1.807) is 11.3 Å². The van der Waals surface area contributed by atoms with Crippen LogP contribution in [0, 0.1) is 11.8 Å². The van der Waals surface area contributed by atoms with Crippen molar-refractivity contribution in [1.82, 2.24) is 5.43 Å². The Balaban J connectivity index is 2.61. The third-order valence-corrected chi connectivity index (χ3v) is 2.56. The summed E-state index contributed by atoms with van der Waals surface area (Å²) in [5.41, 5.74) is 2.75. The van der Waals surface area contributed by atoms with Crippen LogP contribution in [0.4, 0.5) is 0 Å². The number of rotatable bonds is 3. The minimum atomic E-state index is 0.178. The number of hydrogen-bond acceptors (Lipinski definition) is 3. The quantitative estimate of drug-likeness (QED) is 0.422. The molecule has 1 unspecified atom stereocenters. The van der Waals surface area contributed by atoms with Gasteiger partial charge in [-0.1, -0.05) is 6.07 Å². The average molecular weight is 180 g/mol. The van der Waals surface area contributed by atoms with Gasteiger partial charge < -0.3 is 0 Å². The summed E-state index contributed by atoms with van der Waals surface area (Å²) in [5, 5.41) is 2.04. The van der Waals surface area contributed by atoms with Gasteiger partial charge in [-0.15, -0.1) is 23.2 Å². The van der Waals surface area contributed by atoms with Gasteiger partial charge in [0.2, 0.25) is 0 Å². The van der Waals surface area contributed by atoms with Gasteiger partial charge in [-0.05, 0) is 18.4 Å². The second kappa shape index (κ2) is 4.94. The third-order valence-electron chi connectivity index (χ3n) is 1.57. The average Bonchev–Trinajstić information content (AvgIpc) is 2.59. The molecule has 0 saturated carbocycles. The van der Waals surface area contributed by atoms with E-state index >= 15 is 0 Å². The van der Waals surface area contributed by atoms with Crippen molar-refractivity contribution in [2.45, 2.75) is 19.4 Å². The molecule has 2 nitrogen and oxygen atoms in total. The third kappa shape index (κ3) is 2.35. The van der Waals surface area contributed by atoms with Crippen molar-refractivity contribution in [3.63, 3.8) is 0 Å². The van der Waals surface area contributed by atoms with Gasteiger partial charge in [-0.25, -0.2) is 0 Å². The Hall–Kier alpha value is -0.820. The summed E-state index contributed by atoms with van der Waals surface area (Å²) < 4.78 is 0. The van der Waals surface area contributed by atoms with Gasteiger partial charge in [-0.2, -0.15) is 0 Å². The Morgan fingerprint density at radius 2 is 2.58 bits per heavy atom. The molecule has 0 spiro atoms. The van der Waals surface area contributed by atoms with Crippen molar-refractivity contribution in [1.29, 1.82) is 0 Å². The zero-order valence-corrected chi connectivity index (χ0v) is 7.82. The summed E-state index contributed by atoms with van der Waals surface area (Å²) in [4.78, 5) is 1.24. The molecule has 1 atom stereocenters. The van der Waals surface area contributed by atoms with Gasteiger partial charge in [0.05, 0.1) is 6.04 Å². The van der Waals surface area contributed by atoms with Crippen LogP contribution in [0.15, 0.2) is 17.5 Å². The predicted octanol–water partition coefficient (Wildman–Crippen LogP) is 1.67. The molecule has 1 aromatic rings. The molecule has 0 aliphatic heterocycles. The Kier molecular flexibility index (Phi) is 3.81. The molecule has 0 aliphatic carbocycles. The van der Waals surface area contributed by atoms with E-state index in [9.17, 15) is 0 Å². The van der Waals surface area contributed by atoms with Gasteiger partial charge in [0, 0.05) is 11.3 Å². The Bertz CT molecular complexity index is 268.